The summed E-state index contributed by atoms with van der Waals surface area (Å²) in [5, 5.41) is 3.74. The molecule has 1 aromatic rings. The predicted octanol–water partition coefficient (Wildman–Crippen LogP) is 2.61. The van der Waals surface area contributed by atoms with Crippen molar-refractivity contribution in [1.29, 1.82) is 0 Å². The van der Waals surface area contributed by atoms with Crippen LogP contribution in [-0.2, 0) is 16.1 Å². The van der Waals surface area contributed by atoms with Crippen LogP contribution in [0.15, 0.2) is 18.2 Å². The van der Waals surface area contributed by atoms with E-state index in [1.807, 2.05) is 18.2 Å². The molecule has 1 amide bonds. The topological polar surface area (TPSA) is 50.8 Å². The first-order chi connectivity index (χ1) is 11.6. The number of fused-ring (bicyclic) bond motifs is 1. The van der Waals surface area contributed by atoms with E-state index in [2.05, 4.69) is 17.1 Å². The second-order valence-corrected chi connectivity index (χ2v) is 6.95. The molecule has 1 aromatic carbocycles. The Hall–Kier alpha value is -1.30. The molecule has 2 aliphatic rings. The second-order valence-electron chi connectivity index (χ2n) is 6.51. The number of hydrogen-bond donors (Lipinski definition) is 1. The Balaban J connectivity index is 1.58. The van der Waals surface area contributed by atoms with E-state index in [-0.39, 0.29) is 18.1 Å². The Morgan fingerprint density at radius 2 is 2.33 bits per heavy atom. The Morgan fingerprint density at radius 1 is 1.46 bits per heavy atom. The molecule has 132 valence electrons. The SMILES string of the molecule is CCC1CN(CCC(=O)NC2CCOC2)Cc2ccc(Cl)cc2O1. The number of carbonyl (C=O) groups excluding carboxylic acids is 1. The van der Waals surface area contributed by atoms with Crippen LogP contribution in [0.2, 0.25) is 5.02 Å². The number of hydrogen-bond acceptors (Lipinski definition) is 4. The number of carbonyl (C=O) groups is 1. The monoisotopic (exact) mass is 352 g/mol. The highest BCUT2D eigenvalue weighted by molar-refractivity contribution is 6.30. The highest BCUT2D eigenvalue weighted by Gasteiger charge is 2.23. The van der Waals surface area contributed by atoms with Crippen molar-refractivity contribution >= 4 is 17.5 Å². The van der Waals surface area contributed by atoms with Gasteiger partial charge in [-0.25, -0.2) is 0 Å². The van der Waals surface area contributed by atoms with E-state index >= 15 is 0 Å². The number of halogens is 1. The molecule has 24 heavy (non-hydrogen) atoms. The molecule has 0 spiro atoms. The van der Waals surface area contributed by atoms with Crippen LogP contribution in [0.5, 0.6) is 5.75 Å². The lowest BCUT2D eigenvalue weighted by atomic mass is 10.2. The summed E-state index contributed by atoms with van der Waals surface area (Å²) >= 11 is 6.08. The average molecular weight is 353 g/mol. The first-order valence-electron chi connectivity index (χ1n) is 8.68. The lowest BCUT2D eigenvalue weighted by Crippen LogP contribution is -2.39. The van der Waals surface area contributed by atoms with Gasteiger partial charge in [-0.1, -0.05) is 24.6 Å². The van der Waals surface area contributed by atoms with Gasteiger partial charge in [0.2, 0.25) is 5.91 Å². The van der Waals surface area contributed by atoms with E-state index in [0.29, 0.717) is 18.1 Å². The van der Waals surface area contributed by atoms with Crippen molar-refractivity contribution in [2.24, 2.45) is 0 Å². The number of ether oxygens (including phenoxy) is 2. The number of rotatable bonds is 5. The highest BCUT2D eigenvalue weighted by Crippen LogP contribution is 2.29. The number of benzene rings is 1. The minimum atomic E-state index is 0.0973. The second kappa shape index (κ2) is 8.19. The lowest BCUT2D eigenvalue weighted by molar-refractivity contribution is -0.122. The summed E-state index contributed by atoms with van der Waals surface area (Å²) in [6.07, 6.45) is 2.45. The van der Waals surface area contributed by atoms with Gasteiger partial charge in [-0.3, -0.25) is 9.69 Å². The summed E-state index contributed by atoms with van der Waals surface area (Å²) in [5.41, 5.74) is 1.12. The molecule has 2 aliphatic heterocycles. The third-order valence-electron chi connectivity index (χ3n) is 4.58. The molecule has 0 aromatic heterocycles. The fourth-order valence-electron chi connectivity index (χ4n) is 3.17. The molecule has 1 fully saturated rings. The Morgan fingerprint density at radius 3 is 3.08 bits per heavy atom. The summed E-state index contributed by atoms with van der Waals surface area (Å²) in [6.45, 7) is 5.82. The van der Waals surface area contributed by atoms with Gasteiger partial charge in [0.15, 0.2) is 0 Å². The minimum Gasteiger partial charge on any atom is -0.489 e. The average Bonchev–Trinajstić information content (AvgIpc) is 2.99. The van der Waals surface area contributed by atoms with Gasteiger partial charge in [-0.2, -0.15) is 0 Å². The summed E-state index contributed by atoms with van der Waals surface area (Å²) in [5.74, 6) is 0.962. The predicted molar refractivity (Wildman–Crippen MR) is 93.4 cm³/mol. The quantitative estimate of drug-likeness (QED) is 0.885. The maximum atomic E-state index is 12.1. The van der Waals surface area contributed by atoms with Gasteiger partial charge in [0.1, 0.15) is 11.9 Å². The molecule has 2 heterocycles. The lowest BCUT2D eigenvalue weighted by Gasteiger charge is -2.23. The van der Waals surface area contributed by atoms with E-state index in [9.17, 15) is 4.79 Å². The summed E-state index contributed by atoms with van der Waals surface area (Å²) < 4.78 is 11.4. The summed E-state index contributed by atoms with van der Waals surface area (Å²) in [7, 11) is 0. The van der Waals surface area contributed by atoms with Gasteiger partial charge in [0.05, 0.1) is 12.6 Å². The molecule has 6 heteroatoms. The molecule has 1 saturated heterocycles. The Bertz CT molecular complexity index is 575. The number of nitrogens with zero attached hydrogens (tertiary/aromatic N) is 1. The molecular formula is C18H25ClN2O3. The molecule has 1 N–H and O–H groups in total. The van der Waals surface area contributed by atoms with Gasteiger partial charge < -0.3 is 14.8 Å². The molecule has 2 atom stereocenters. The van der Waals surface area contributed by atoms with E-state index in [0.717, 1.165) is 50.4 Å². The largest absolute Gasteiger partial charge is 0.489 e. The molecule has 0 radical (unpaired) electrons. The molecule has 0 saturated carbocycles. The van der Waals surface area contributed by atoms with Crippen LogP contribution in [0.4, 0.5) is 0 Å². The van der Waals surface area contributed by atoms with Gasteiger partial charge in [0.25, 0.3) is 0 Å². The first-order valence-corrected chi connectivity index (χ1v) is 9.06. The zero-order valence-corrected chi connectivity index (χ0v) is 14.8. The van der Waals surface area contributed by atoms with Crippen molar-refractivity contribution in [2.45, 2.75) is 44.9 Å². The zero-order chi connectivity index (χ0) is 16.9. The molecule has 3 rings (SSSR count). The fraction of sp³-hybridized carbons (Fsp3) is 0.611. The summed E-state index contributed by atoms with van der Waals surface area (Å²) in [4.78, 5) is 14.4. The van der Waals surface area contributed by atoms with E-state index in [1.165, 1.54) is 0 Å². The van der Waals surface area contributed by atoms with Crippen LogP contribution < -0.4 is 10.1 Å². The van der Waals surface area contributed by atoms with Crippen molar-refractivity contribution in [3.05, 3.63) is 28.8 Å². The third-order valence-corrected chi connectivity index (χ3v) is 4.82. The Labute approximate surface area is 148 Å². The normalized spacial score (nSPS) is 24.1. The van der Waals surface area contributed by atoms with Gasteiger partial charge >= 0.3 is 0 Å². The smallest absolute Gasteiger partial charge is 0.221 e. The van der Waals surface area contributed by atoms with Crippen LogP contribution in [0.25, 0.3) is 0 Å². The highest BCUT2D eigenvalue weighted by atomic mass is 35.5. The fourth-order valence-corrected chi connectivity index (χ4v) is 3.33. The first kappa shape index (κ1) is 17.5. The van der Waals surface area contributed by atoms with Crippen molar-refractivity contribution in [3.63, 3.8) is 0 Å². The molecule has 0 aliphatic carbocycles. The van der Waals surface area contributed by atoms with Crippen molar-refractivity contribution < 1.29 is 14.3 Å². The van der Waals surface area contributed by atoms with E-state index < -0.39 is 0 Å². The van der Waals surface area contributed by atoms with Gasteiger partial charge in [-0.15, -0.1) is 0 Å². The number of amides is 1. The third kappa shape index (κ3) is 4.62. The van der Waals surface area contributed by atoms with Crippen LogP contribution in [-0.4, -0.2) is 49.3 Å². The van der Waals surface area contributed by atoms with Crippen LogP contribution >= 0.6 is 11.6 Å². The zero-order valence-electron chi connectivity index (χ0n) is 14.1. The summed E-state index contributed by atoms with van der Waals surface area (Å²) in [6, 6.07) is 5.96. The minimum absolute atomic E-state index is 0.0973. The van der Waals surface area contributed by atoms with Crippen LogP contribution in [0, 0.1) is 0 Å². The van der Waals surface area contributed by atoms with E-state index in [1.54, 1.807) is 0 Å². The molecule has 0 bridgehead atoms. The van der Waals surface area contributed by atoms with Gasteiger partial charge in [-0.05, 0) is 25.0 Å². The van der Waals surface area contributed by atoms with Gasteiger partial charge in [0, 0.05) is 43.2 Å². The van der Waals surface area contributed by atoms with Crippen LogP contribution in [0.1, 0.15) is 31.7 Å². The molecule has 5 nitrogen and oxygen atoms in total. The maximum absolute atomic E-state index is 12.1. The van der Waals surface area contributed by atoms with Crippen molar-refractivity contribution in [1.82, 2.24) is 10.2 Å². The molecule has 2 unspecified atom stereocenters. The van der Waals surface area contributed by atoms with Crippen molar-refractivity contribution in [2.75, 3.05) is 26.3 Å². The van der Waals surface area contributed by atoms with Crippen molar-refractivity contribution in [3.8, 4) is 5.75 Å². The molecular weight excluding hydrogens is 328 g/mol. The Kier molecular flexibility index (Phi) is 5.98. The van der Waals surface area contributed by atoms with E-state index in [4.69, 9.17) is 21.1 Å². The standard InChI is InChI=1S/C18H25ClN2O3/c1-2-16-11-21(7-5-18(22)20-15-6-8-23-12-15)10-13-3-4-14(19)9-17(13)24-16/h3-4,9,15-16H,2,5-8,10-12H2,1H3,(H,20,22). The number of nitrogens with one attached hydrogen (secondary N) is 1. The van der Waals surface area contributed by atoms with Crippen LogP contribution in [0.3, 0.4) is 0 Å². The maximum Gasteiger partial charge on any atom is 0.221 e.